The highest BCUT2D eigenvalue weighted by molar-refractivity contribution is 6.11. The van der Waals surface area contributed by atoms with Crippen molar-refractivity contribution >= 4 is 29.0 Å². The van der Waals surface area contributed by atoms with E-state index >= 15 is 0 Å². The molecule has 0 unspecified atom stereocenters. The van der Waals surface area contributed by atoms with E-state index in [2.05, 4.69) is 20.9 Å². The van der Waals surface area contributed by atoms with Gasteiger partial charge in [-0.2, -0.15) is 0 Å². The first kappa shape index (κ1) is 16.7. The van der Waals surface area contributed by atoms with Crippen molar-refractivity contribution in [2.24, 2.45) is 0 Å². The predicted molar refractivity (Wildman–Crippen MR) is 99.5 cm³/mol. The first-order valence-electron chi connectivity index (χ1n) is 8.31. The molecule has 1 aliphatic heterocycles. The number of fused-ring (bicyclic) bond motifs is 1. The smallest absolute Gasteiger partial charge is 0.255 e. The van der Waals surface area contributed by atoms with E-state index in [1.807, 2.05) is 18.2 Å². The molecule has 4 rings (SSSR count). The summed E-state index contributed by atoms with van der Waals surface area (Å²) in [6, 6.07) is 14.2. The van der Waals surface area contributed by atoms with Crippen LogP contribution in [0.2, 0.25) is 0 Å². The maximum Gasteiger partial charge on any atom is 0.255 e. The number of aromatic nitrogens is 1. The van der Waals surface area contributed by atoms with Gasteiger partial charge in [-0.3, -0.25) is 9.59 Å². The zero-order valence-corrected chi connectivity index (χ0v) is 14.1. The minimum absolute atomic E-state index is 0.260. The summed E-state index contributed by atoms with van der Waals surface area (Å²) in [6.45, 7) is 0.351. The lowest BCUT2D eigenvalue weighted by molar-refractivity contribution is 0.0966. The molecule has 0 fully saturated rings. The number of amides is 2. The Hall–Kier alpha value is -3.74. The summed E-state index contributed by atoms with van der Waals surface area (Å²) < 4.78 is 13.0. The Balaban J connectivity index is 1.64. The Kier molecular flexibility index (Phi) is 4.25. The second-order valence-corrected chi connectivity index (χ2v) is 6.00. The van der Waals surface area contributed by atoms with Crippen molar-refractivity contribution < 1.29 is 14.0 Å². The predicted octanol–water partition coefficient (Wildman–Crippen LogP) is 3.46. The second kappa shape index (κ2) is 6.87. The lowest BCUT2D eigenvalue weighted by Gasteiger charge is -2.13. The zero-order chi connectivity index (χ0) is 18.8. The van der Waals surface area contributed by atoms with Crippen molar-refractivity contribution in [3.8, 4) is 0 Å². The molecule has 0 radical (unpaired) electrons. The van der Waals surface area contributed by atoms with Gasteiger partial charge in [-0.15, -0.1) is 0 Å². The van der Waals surface area contributed by atoms with Gasteiger partial charge in [-0.1, -0.05) is 6.07 Å². The molecule has 1 aromatic heterocycles. The van der Waals surface area contributed by atoms with Gasteiger partial charge in [0.15, 0.2) is 0 Å². The van der Waals surface area contributed by atoms with Crippen LogP contribution in [0.1, 0.15) is 26.3 Å². The van der Waals surface area contributed by atoms with Crippen molar-refractivity contribution in [3.63, 3.8) is 0 Å². The monoisotopic (exact) mass is 362 g/mol. The summed E-state index contributed by atoms with van der Waals surface area (Å²) in [6.07, 6.45) is 1.67. The summed E-state index contributed by atoms with van der Waals surface area (Å²) in [5.41, 5.74) is 2.61. The van der Waals surface area contributed by atoms with Gasteiger partial charge in [-0.25, -0.2) is 9.37 Å². The molecule has 1 aliphatic rings. The van der Waals surface area contributed by atoms with Gasteiger partial charge in [0.05, 0.1) is 11.3 Å². The zero-order valence-electron chi connectivity index (χ0n) is 14.1. The fourth-order valence-electron chi connectivity index (χ4n) is 2.94. The van der Waals surface area contributed by atoms with Crippen LogP contribution in [0.25, 0.3) is 0 Å². The molecule has 7 heteroatoms. The van der Waals surface area contributed by atoms with E-state index in [1.54, 1.807) is 18.3 Å². The lowest BCUT2D eigenvalue weighted by Crippen LogP contribution is -2.17. The summed E-state index contributed by atoms with van der Waals surface area (Å²) in [5, 5.41) is 8.69. The molecule has 0 saturated heterocycles. The quantitative estimate of drug-likeness (QED) is 0.664. The molecular formula is C20H15FN4O2. The number of carbonyl (C=O) groups is 2. The Morgan fingerprint density at radius 2 is 1.81 bits per heavy atom. The number of nitrogens with zero attached hydrogens (tertiary/aromatic N) is 1. The molecule has 0 bridgehead atoms. The molecule has 27 heavy (non-hydrogen) atoms. The van der Waals surface area contributed by atoms with Crippen LogP contribution >= 0.6 is 0 Å². The Morgan fingerprint density at radius 3 is 2.56 bits per heavy atom. The highest BCUT2D eigenvalue weighted by Gasteiger charge is 2.26. The molecule has 6 nitrogen and oxygen atoms in total. The number of nitrogens with one attached hydrogen (secondary N) is 3. The summed E-state index contributed by atoms with van der Waals surface area (Å²) >= 11 is 0. The lowest BCUT2D eigenvalue weighted by atomic mass is 10.0. The normalized spacial score (nSPS) is 12.3. The molecule has 3 aromatic rings. The topological polar surface area (TPSA) is 83.1 Å². The van der Waals surface area contributed by atoms with Crippen LogP contribution in [0.15, 0.2) is 60.8 Å². The van der Waals surface area contributed by atoms with Crippen LogP contribution in [0.5, 0.6) is 0 Å². The number of benzene rings is 2. The van der Waals surface area contributed by atoms with Gasteiger partial charge in [-0.05, 0) is 48.5 Å². The molecule has 0 atom stereocenters. The van der Waals surface area contributed by atoms with Gasteiger partial charge >= 0.3 is 0 Å². The Labute approximate surface area is 154 Å². The number of pyridine rings is 1. The van der Waals surface area contributed by atoms with Crippen LogP contribution in [0.3, 0.4) is 0 Å². The van der Waals surface area contributed by atoms with Crippen molar-refractivity contribution in [1.82, 2.24) is 10.3 Å². The third-order valence-electron chi connectivity index (χ3n) is 4.25. The van der Waals surface area contributed by atoms with Crippen molar-refractivity contribution in [2.75, 3.05) is 10.6 Å². The van der Waals surface area contributed by atoms with Gasteiger partial charge in [0, 0.05) is 29.6 Å². The van der Waals surface area contributed by atoms with Gasteiger partial charge in [0.1, 0.15) is 11.6 Å². The molecule has 0 aliphatic carbocycles. The molecular weight excluding hydrogens is 347 g/mol. The van der Waals surface area contributed by atoms with E-state index in [4.69, 9.17) is 0 Å². The van der Waals surface area contributed by atoms with E-state index in [0.29, 0.717) is 29.2 Å². The number of hydrogen-bond acceptors (Lipinski definition) is 4. The van der Waals surface area contributed by atoms with Crippen LogP contribution in [-0.2, 0) is 6.54 Å². The molecule has 2 amide bonds. The summed E-state index contributed by atoms with van der Waals surface area (Å²) in [4.78, 5) is 28.9. The first-order valence-corrected chi connectivity index (χ1v) is 8.31. The number of anilines is 3. The summed E-state index contributed by atoms with van der Waals surface area (Å²) in [5.74, 6) is -0.440. The SMILES string of the molecule is O=C(Nc1ccc(Nc2ccccn2)c2c1C(=O)NC2)c1ccc(F)cc1. The van der Waals surface area contributed by atoms with E-state index in [0.717, 1.165) is 11.3 Å². The van der Waals surface area contributed by atoms with E-state index in [-0.39, 0.29) is 5.91 Å². The maximum atomic E-state index is 13.0. The minimum atomic E-state index is -0.420. The number of rotatable bonds is 4. The van der Waals surface area contributed by atoms with Gasteiger partial charge < -0.3 is 16.0 Å². The van der Waals surface area contributed by atoms with Crippen molar-refractivity contribution in [2.45, 2.75) is 6.54 Å². The molecule has 0 spiro atoms. The molecule has 134 valence electrons. The first-order chi connectivity index (χ1) is 13.1. The van der Waals surface area contributed by atoms with E-state index in [1.165, 1.54) is 24.3 Å². The average Bonchev–Trinajstić information content (AvgIpc) is 3.07. The highest BCUT2D eigenvalue weighted by Crippen LogP contribution is 2.32. The molecule has 0 saturated carbocycles. The third kappa shape index (κ3) is 3.35. The third-order valence-corrected chi connectivity index (χ3v) is 4.25. The fourth-order valence-corrected chi connectivity index (χ4v) is 2.94. The van der Waals surface area contributed by atoms with Gasteiger partial charge in [0.2, 0.25) is 0 Å². The summed E-state index contributed by atoms with van der Waals surface area (Å²) in [7, 11) is 0. The standard InChI is InChI=1S/C20H15FN4O2/c21-13-6-4-12(5-7-13)19(26)25-16-9-8-15(14-11-23-20(27)18(14)16)24-17-3-1-2-10-22-17/h1-10H,11H2,(H,22,24)(H,23,27)(H,25,26). The van der Waals surface area contributed by atoms with E-state index < -0.39 is 11.7 Å². The molecule has 2 aromatic carbocycles. The van der Waals surface area contributed by atoms with Crippen molar-refractivity contribution in [3.05, 3.63) is 83.3 Å². The maximum absolute atomic E-state index is 13.0. The Bertz CT molecular complexity index is 1020. The van der Waals surface area contributed by atoms with Gasteiger partial charge in [0.25, 0.3) is 11.8 Å². The number of hydrogen-bond donors (Lipinski definition) is 3. The average molecular weight is 362 g/mol. The van der Waals surface area contributed by atoms with Crippen LogP contribution in [0.4, 0.5) is 21.6 Å². The van der Waals surface area contributed by atoms with Crippen LogP contribution < -0.4 is 16.0 Å². The largest absolute Gasteiger partial charge is 0.348 e. The fraction of sp³-hybridized carbons (Fsp3) is 0.0500. The minimum Gasteiger partial charge on any atom is -0.348 e. The Morgan fingerprint density at radius 1 is 1.04 bits per heavy atom. The van der Waals surface area contributed by atoms with Crippen LogP contribution in [-0.4, -0.2) is 16.8 Å². The van der Waals surface area contributed by atoms with Crippen LogP contribution in [0, 0.1) is 5.82 Å². The highest BCUT2D eigenvalue weighted by atomic mass is 19.1. The van der Waals surface area contributed by atoms with Crippen molar-refractivity contribution in [1.29, 1.82) is 0 Å². The number of carbonyl (C=O) groups excluding carboxylic acids is 2. The van der Waals surface area contributed by atoms with E-state index in [9.17, 15) is 14.0 Å². The second-order valence-electron chi connectivity index (χ2n) is 6.00. The molecule has 2 heterocycles. The number of halogens is 1. The molecule has 3 N–H and O–H groups in total.